The molecule has 0 saturated carbocycles. The number of aliphatic hydroxyl groups excluding tert-OH is 1. The number of hydrogen-bond acceptors (Lipinski definition) is 3. The first-order valence-electron chi connectivity index (χ1n) is 7.43. The van der Waals surface area contributed by atoms with E-state index in [1.165, 1.54) is 0 Å². The molecule has 0 radical (unpaired) electrons. The van der Waals surface area contributed by atoms with E-state index in [0.717, 1.165) is 28.8 Å². The van der Waals surface area contributed by atoms with Gasteiger partial charge in [0.05, 0.1) is 11.4 Å². The van der Waals surface area contributed by atoms with E-state index in [1.54, 1.807) is 4.90 Å². The number of carbonyl (C=O) groups excluding carboxylic acids is 1. The fourth-order valence-corrected chi connectivity index (χ4v) is 3.39. The smallest absolute Gasteiger partial charge is 0.279 e. The van der Waals surface area contributed by atoms with Crippen molar-refractivity contribution in [3.63, 3.8) is 0 Å². The van der Waals surface area contributed by atoms with Crippen molar-refractivity contribution in [1.29, 1.82) is 0 Å². The number of carbonyl (C=O) groups is 1. The highest BCUT2D eigenvalue weighted by molar-refractivity contribution is 6.20. The predicted octanol–water partition coefficient (Wildman–Crippen LogP) is 2.13. The molecule has 2 aliphatic rings. The zero-order valence-corrected chi connectivity index (χ0v) is 12.2. The van der Waals surface area contributed by atoms with E-state index in [1.807, 2.05) is 55.5 Å². The van der Waals surface area contributed by atoms with E-state index in [0.29, 0.717) is 5.71 Å². The first-order valence-corrected chi connectivity index (χ1v) is 7.43. The van der Waals surface area contributed by atoms with Crippen LogP contribution in [-0.2, 0) is 11.2 Å². The minimum absolute atomic E-state index is 0.0450. The average molecular weight is 292 g/mol. The number of amides is 1. The summed E-state index contributed by atoms with van der Waals surface area (Å²) in [4.78, 5) is 18.5. The maximum Gasteiger partial charge on any atom is 0.279 e. The largest absolute Gasteiger partial charge is 0.364 e. The number of anilines is 1. The third-order valence-electron chi connectivity index (χ3n) is 4.33. The van der Waals surface area contributed by atoms with Gasteiger partial charge in [0, 0.05) is 17.2 Å². The summed E-state index contributed by atoms with van der Waals surface area (Å²) in [5.41, 5.74) is 4.53. The lowest BCUT2D eigenvalue weighted by molar-refractivity contribution is -0.126. The van der Waals surface area contributed by atoms with Crippen LogP contribution in [0.1, 0.15) is 23.6 Å². The van der Waals surface area contributed by atoms with Gasteiger partial charge in [-0.1, -0.05) is 48.5 Å². The van der Waals surface area contributed by atoms with Gasteiger partial charge in [-0.25, -0.2) is 4.99 Å². The maximum atomic E-state index is 12.5. The summed E-state index contributed by atoms with van der Waals surface area (Å²) in [7, 11) is 0. The molecule has 0 bridgehead atoms. The topological polar surface area (TPSA) is 52.9 Å². The van der Waals surface area contributed by atoms with Gasteiger partial charge in [0.15, 0.2) is 0 Å². The minimum Gasteiger partial charge on any atom is -0.364 e. The molecular formula is C18H16N2O2. The normalized spacial score (nSPS) is 23.1. The van der Waals surface area contributed by atoms with Crippen molar-refractivity contribution in [2.45, 2.75) is 25.6 Å². The van der Waals surface area contributed by atoms with Gasteiger partial charge >= 0.3 is 0 Å². The molecule has 0 aliphatic carbocycles. The standard InChI is InChI=1S/C18H16N2O2/c1-11-10-13-8-5-9-14-15(12-6-3-2-4-7-12)19-17(21)18(22)20(11)16(13)14/h2-9,11,17,21H,10H2,1H3. The summed E-state index contributed by atoms with van der Waals surface area (Å²) in [6.45, 7) is 2.00. The molecular weight excluding hydrogens is 276 g/mol. The van der Waals surface area contributed by atoms with Gasteiger partial charge in [0.1, 0.15) is 0 Å². The summed E-state index contributed by atoms with van der Waals surface area (Å²) in [6, 6.07) is 15.7. The average Bonchev–Trinajstić information content (AvgIpc) is 2.82. The first kappa shape index (κ1) is 13.2. The molecule has 110 valence electrons. The lowest BCUT2D eigenvalue weighted by Gasteiger charge is -2.23. The molecule has 0 saturated heterocycles. The van der Waals surface area contributed by atoms with E-state index >= 15 is 0 Å². The van der Waals surface area contributed by atoms with Crippen molar-refractivity contribution in [3.8, 4) is 0 Å². The number of aliphatic hydroxyl groups is 1. The minimum atomic E-state index is -1.35. The van der Waals surface area contributed by atoms with E-state index in [-0.39, 0.29) is 11.9 Å². The maximum absolute atomic E-state index is 12.5. The second kappa shape index (κ2) is 4.78. The third-order valence-corrected chi connectivity index (χ3v) is 4.33. The number of rotatable bonds is 1. The Morgan fingerprint density at radius 2 is 1.91 bits per heavy atom. The summed E-state index contributed by atoms with van der Waals surface area (Å²) in [5, 5.41) is 10.2. The van der Waals surface area contributed by atoms with Crippen LogP contribution in [0.25, 0.3) is 0 Å². The Bertz CT molecular complexity index is 783. The molecule has 1 N–H and O–H groups in total. The zero-order valence-electron chi connectivity index (χ0n) is 12.2. The molecule has 4 nitrogen and oxygen atoms in total. The van der Waals surface area contributed by atoms with Crippen LogP contribution in [0.2, 0.25) is 0 Å². The third kappa shape index (κ3) is 1.81. The molecule has 2 aromatic carbocycles. The molecule has 4 rings (SSSR count). The Balaban J connectivity index is 2.00. The second-order valence-corrected chi connectivity index (χ2v) is 5.79. The molecule has 0 fully saturated rings. The van der Waals surface area contributed by atoms with Crippen LogP contribution in [0, 0.1) is 0 Å². The van der Waals surface area contributed by atoms with E-state index in [9.17, 15) is 9.90 Å². The SMILES string of the molecule is CC1Cc2cccc3c2N1C(=O)C(O)N=C3c1ccccc1. The van der Waals surface area contributed by atoms with Gasteiger partial charge in [0.2, 0.25) is 6.23 Å². The van der Waals surface area contributed by atoms with Crippen LogP contribution in [-0.4, -0.2) is 29.0 Å². The fraction of sp³-hybridized carbons (Fsp3) is 0.222. The molecule has 2 atom stereocenters. The molecule has 4 heteroatoms. The highest BCUT2D eigenvalue weighted by Gasteiger charge is 2.39. The molecule has 0 spiro atoms. The molecule has 2 aliphatic heterocycles. The number of benzene rings is 2. The second-order valence-electron chi connectivity index (χ2n) is 5.79. The van der Waals surface area contributed by atoms with Gasteiger partial charge in [-0.05, 0) is 18.9 Å². The fourth-order valence-electron chi connectivity index (χ4n) is 3.39. The number of aliphatic imine (C=N–C) groups is 1. The van der Waals surface area contributed by atoms with Crippen LogP contribution in [0.4, 0.5) is 5.69 Å². The van der Waals surface area contributed by atoms with Crippen molar-refractivity contribution >= 4 is 17.3 Å². The Morgan fingerprint density at radius 3 is 2.68 bits per heavy atom. The predicted molar refractivity (Wildman–Crippen MR) is 85.2 cm³/mol. The summed E-state index contributed by atoms with van der Waals surface area (Å²) in [5.74, 6) is -0.343. The van der Waals surface area contributed by atoms with E-state index in [4.69, 9.17) is 0 Å². The number of hydrogen-bond donors (Lipinski definition) is 1. The Labute approximate surface area is 128 Å². The molecule has 2 aromatic rings. The van der Waals surface area contributed by atoms with Gasteiger partial charge in [-0.15, -0.1) is 0 Å². The monoisotopic (exact) mass is 292 g/mol. The summed E-state index contributed by atoms with van der Waals surface area (Å²) in [6.07, 6.45) is -0.542. The van der Waals surface area contributed by atoms with Crippen molar-refractivity contribution in [2.75, 3.05) is 4.90 Å². The Kier molecular flexibility index (Phi) is 2.87. The highest BCUT2D eigenvalue weighted by Crippen LogP contribution is 2.38. The Morgan fingerprint density at radius 1 is 1.14 bits per heavy atom. The quantitative estimate of drug-likeness (QED) is 0.875. The number of nitrogens with zero attached hydrogens (tertiary/aromatic N) is 2. The van der Waals surface area contributed by atoms with Crippen LogP contribution in [0.15, 0.2) is 53.5 Å². The van der Waals surface area contributed by atoms with E-state index < -0.39 is 6.23 Å². The van der Waals surface area contributed by atoms with Crippen LogP contribution >= 0.6 is 0 Å². The lowest BCUT2D eigenvalue weighted by atomic mass is 9.98. The molecule has 2 unspecified atom stereocenters. The van der Waals surface area contributed by atoms with Crippen LogP contribution in [0.5, 0.6) is 0 Å². The summed E-state index contributed by atoms with van der Waals surface area (Å²) >= 11 is 0. The first-order chi connectivity index (χ1) is 10.7. The van der Waals surface area contributed by atoms with Crippen molar-refractivity contribution in [3.05, 3.63) is 65.2 Å². The molecule has 0 aromatic heterocycles. The van der Waals surface area contributed by atoms with Crippen molar-refractivity contribution in [2.24, 2.45) is 4.99 Å². The van der Waals surface area contributed by atoms with Gasteiger partial charge < -0.3 is 10.0 Å². The van der Waals surface area contributed by atoms with Crippen molar-refractivity contribution in [1.82, 2.24) is 0 Å². The Hall–Kier alpha value is -2.46. The van der Waals surface area contributed by atoms with E-state index in [2.05, 4.69) is 4.99 Å². The van der Waals surface area contributed by atoms with Crippen LogP contribution < -0.4 is 4.90 Å². The number of para-hydroxylation sites is 1. The highest BCUT2D eigenvalue weighted by atomic mass is 16.3. The van der Waals surface area contributed by atoms with Gasteiger partial charge in [-0.3, -0.25) is 4.79 Å². The van der Waals surface area contributed by atoms with Gasteiger partial charge in [-0.2, -0.15) is 0 Å². The zero-order chi connectivity index (χ0) is 15.3. The molecule has 22 heavy (non-hydrogen) atoms. The lowest BCUT2D eigenvalue weighted by Crippen LogP contribution is -2.41. The van der Waals surface area contributed by atoms with Gasteiger partial charge in [0.25, 0.3) is 5.91 Å². The van der Waals surface area contributed by atoms with Crippen LogP contribution in [0.3, 0.4) is 0 Å². The van der Waals surface area contributed by atoms with Crippen molar-refractivity contribution < 1.29 is 9.90 Å². The molecule has 2 heterocycles. The molecule has 1 amide bonds. The summed E-state index contributed by atoms with van der Waals surface area (Å²) < 4.78 is 0.